The van der Waals surface area contributed by atoms with E-state index in [4.69, 9.17) is 9.47 Å². The fourth-order valence-electron chi connectivity index (χ4n) is 6.32. The Hall–Kier alpha value is -2.69. The van der Waals surface area contributed by atoms with E-state index in [1.807, 2.05) is 12.1 Å². The number of Topliss-reactive ketones (excluding diaryl/α,β-unsaturated/α-hetero) is 1. The van der Waals surface area contributed by atoms with Crippen molar-refractivity contribution in [2.75, 3.05) is 7.11 Å². The lowest BCUT2D eigenvalue weighted by Gasteiger charge is -2.44. The maximum absolute atomic E-state index is 13.6. The number of ether oxygens (including phenoxy) is 2. The van der Waals surface area contributed by atoms with Crippen molar-refractivity contribution >= 4 is 11.8 Å². The topological polar surface area (TPSA) is 65.5 Å². The predicted octanol–water partition coefficient (Wildman–Crippen LogP) is 5.50. The Kier molecular flexibility index (Phi) is 5.78. The number of ketones is 1. The van der Waals surface area contributed by atoms with Crippen LogP contribution in [0.4, 0.5) is 0 Å². The summed E-state index contributed by atoms with van der Waals surface area (Å²) < 4.78 is 11.6. The zero-order valence-corrected chi connectivity index (χ0v) is 20.7. The van der Waals surface area contributed by atoms with Gasteiger partial charge in [-0.05, 0) is 48.1 Å². The molecule has 0 radical (unpaired) electrons. The van der Waals surface area contributed by atoms with Crippen LogP contribution >= 0.6 is 0 Å². The van der Waals surface area contributed by atoms with E-state index in [0.29, 0.717) is 23.8 Å². The molecule has 0 amide bonds. The number of esters is 1. The van der Waals surface area contributed by atoms with Crippen molar-refractivity contribution in [1.82, 2.24) is 4.98 Å². The maximum atomic E-state index is 13.6. The van der Waals surface area contributed by atoms with Gasteiger partial charge in [-0.3, -0.25) is 9.59 Å². The van der Waals surface area contributed by atoms with Gasteiger partial charge in [0.25, 0.3) is 0 Å². The molecule has 2 saturated carbocycles. The second kappa shape index (κ2) is 8.51. The first-order chi connectivity index (χ1) is 16.2. The number of carbonyl (C=O) groups is 2. The number of nitrogens with zero attached hydrogens (tertiary/aromatic N) is 1. The molecule has 0 saturated heterocycles. The van der Waals surface area contributed by atoms with Crippen molar-refractivity contribution in [1.29, 1.82) is 0 Å². The lowest BCUT2D eigenvalue weighted by Crippen LogP contribution is -2.45. The van der Waals surface area contributed by atoms with Crippen LogP contribution in [-0.4, -0.2) is 30.0 Å². The molecule has 2 aromatic rings. The van der Waals surface area contributed by atoms with Crippen LogP contribution in [0.25, 0.3) is 0 Å². The number of aromatic nitrogens is 1. The summed E-state index contributed by atoms with van der Waals surface area (Å²) in [4.78, 5) is 31.6. The highest BCUT2D eigenvalue weighted by atomic mass is 16.5. The smallest absolute Gasteiger partial charge is 0.321 e. The molecule has 1 aromatic heterocycles. The van der Waals surface area contributed by atoms with Gasteiger partial charge in [-0.15, -0.1) is 0 Å². The van der Waals surface area contributed by atoms with Gasteiger partial charge in [0.05, 0.1) is 12.8 Å². The molecule has 1 unspecified atom stereocenters. The molecule has 4 atom stereocenters. The van der Waals surface area contributed by atoms with E-state index < -0.39 is 11.9 Å². The standard InChI is InChI=1S/C29H35NO4/c1-18-10-12-21(28(2,3)19-8-6-5-7-9-19)23(16-18)34-27(32)25-20-11-13-24(33-4)30-26(20)29(14-15-29)17-22(25)31/h5-9,11,13,18,21,23,25H,10,12,14-17H2,1-4H3/t18-,21-,23-,25?/m1/s1. The lowest BCUT2D eigenvalue weighted by atomic mass is 9.64. The zero-order chi connectivity index (χ0) is 24.1. The molecule has 3 aliphatic carbocycles. The second-order valence-electron chi connectivity index (χ2n) is 11.2. The molecule has 5 heteroatoms. The van der Waals surface area contributed by atoms with Crippen LogP contribution in [0, 0.1) is 11.8 Å². The summed E-state index contributed by atoms with van der Waals surface area (Å²) in [6.07, 6.45) is 4.95. The molecule has 2 fully saturated rings. The van der Waals surface area contributed by atoms with Gasteiger partial charge >= 0.3 is 5.97 Å². The van der Waals surface area contributed by atoms with Crippen molar-refractivity contribution < 1.29 is 19.1 Å². The first-order valence-electron chi connectivity index (χ1n) is 12.6. The van der Waals surface area contributed by atoms with Crippen molar-refractivity contribution in [3.8, 4) is 5.88 Å². The minimum atomic E-state index is -0.891. The first kappa shape index (κ1) is 23.1. The van der Waals surface area contributed by atoms with Crippen LogP contribution in [-0.2, 0) is 25.2 Å². The molecule has 34 heavy (non-hydrogen) atoms. The molecule has 180 valence electrons. The Morgan fingerprint density at radius 2 is 1.82 bits per heavy atom. The van der Waals surface area contributed by atoms with Gasteiger partial charge in [-0.25, -0.2) is 4.98 Å². The van der Waals surface area contributed by atoms with E-state index in [1.165, 1.54) is 5.56 Å². The molecule has 1 aromatic carbocycles. The molecular formula is C29H35NO4. The van der Waals surface area contributed by atoms with E-state index in [9.17, 15) is 9.59 Å². The predicted molar refractivity (Wildman–Crippen MR) is 130 cm³/mol. The molecule has 5 nitrogen and oxygen atoms in total. The largest absolute Gasteiger partial charge is 0.481 e. The number of carbonyl (C=O) groups excluding carboxylic acids is 2. The molecule has 0 N–H and O–H groups in total. The number of fused-ring (bicyclic) bond motifs is 2. The maximum Gasteiger partial charge on any atom is 0.321 e. The van der Waals surface area contributed by atoms with Gasteiger partial charge in [0.2, 0.25) is 5.88 Å². The van der Waals surface area contributed by atoms with Crippen molar-refractivity contribution in [3.63, 3.8) is 0 Å². The van der Waals surface area contributed by atoms with Gasteiger partial charge in [0.1, 0.15) is 12.0 Å². The number of methoxy groups -OCH3 is 1. The lowest BCUT2D eigenvalue weighted by molar-refractivity contribution is -0.160. The summed E-state index contributed by atoms with van der Waals surface area (Å²) in [5.41, 5.74) is 2.46. The highest BCUT2D eigenvalue weighted by Gasteiger charge is 2.55. The summed E-state index contributed by atoms with van der Waals surface area (Å²) >= 11 is 0. The van der Waals surface area contributed by atoms with Gasteiger partial charge in [0, 0.05) is 23.8 Å². The van der Waals surface area contributed by atoms with Crippen molar-refractivity contribution in [2.45, 2.75) is 82.1 Å². The van der Waals surface area contributed by atoms with Gasteiger partial charge < -0.3 is 9.47 Å². The number of pyridine rings is 1. The highest BCUT2D eigenvalue weighted by Crippen LogP contribution is 2.56. The summed E-state index contributed by atoms with van der Waals surface area (Å²) in [7, 11) is 1.59. The van der Waals surface area contributed by atoms with Gasteiger partial charge in [0.15, 0.2) is 5.78 Å². The van der Waals surface area contributed by atoms with Crippen LogP contribution in [0.2, 0.25) is 0 Å². The quantitative estimate of drug-likeness (QED) is 0.434. The minimum Gasteiger partial charge on any atom is -0.481 e. The Morgan fingerprint density at radius 1 is 1.09 bits per heavy atom. The summed E-state index contributed by atoms with van der Waals surface area (Å²) in [5, 5.41) is 0. The molecule has 3 aliphatic rings. The molecular weight excluding hydrogens is 426 g/mol. The SMILES string of the molecule is COc1ccc2c(n1)C1(CC1)CC(=O)C2C(=O)O[C@@H]1C[C@H](C)CC[C@H]1C(C)(C)c1ccccc1. The van der Waals surface area contributed by atoms with E-state index in [2.05, 4.69) is 50.0 Å². The van der Waals surface area contributed by atoms with Crippen LogP contribution in [0.15, 0.2) is 42.5 Å². The minimum absolute atomic E-state index is 0.0373. The van der Waals surface area contributed by atoms with Crippen molar-refractivity contribution in [2.24, 2.45) is 11.8 Å². The molecule has 0 bridgehead atoms. The fourth-order valence-corrected chi connectivity index (χ4v) is 6.32. The average Bonchev–Trinajstić information content (AvgIpc) is 3.59. The highest BCUT2D eigenvalue weighted by molar-refractivity contribution is 6.06. The van der Waals surface area contributed by atoms with E-state index in [1.54, 1.807) is 13.2 Å². The van der Waals surface area contributed by atoms with Crippen LogP contribution in [0.5, 0.6) is 5.88 Å². The van der Waals surface area contributed by atoms with E-state index >= 15 is 0 Å². The van der Waals surface area contributed by atoms with Gasteiger partial charge in [-0.2, -0.15) is 0 Å². The van der Waals surface area contributed by atoms with Crippen LogP contribution in [0.1, 0.15) is 82.0 Å². The number of hydrogen-bond acceptors (Lipinski definition) is 5. The van der Waals surface area contributed by atoms with Gasteiger partial charge in [-0.1, -0.05) is 63.6 Å². The molecule has 0 aliphatic heterocycles. The molecule has 1 heterocycles. The van der Waals surface area contributed by atoms with Crippen molar-refractivity contribution in [3.05, 3.63) is 59.3 Å². The third kappa shape index (κ3) is 3.93. The zero-order valence-electron chi connectivity index (χ0n) is 20.7. The average molecular weight is 462 g/mol. The van der Waals surface area contributed by atoms with E-state index in [0.717, 1.165) is 37.8 Å². The Balaban J connectivity index is 1.44. The van der Waals surface area contributed by atoms with Crippen LogP contribution in [0.3, 0.4) is 0 Å². The molecule has 1 spiro atoms. The number of rotatable bonds is 5. The van der Waals surface area contributed by atoms with E-state index in [-0.39, 0.29) is 28.6 Å². The summed E-state index contributed by atoms with van der Waals surface area (Å²) in [6.45, 7) is 6.72. The first-order valence-corrected chi connectivity index (χ1v) is 12.6. The Morgan fingerprint density at radius 3 is 2.50 bits per heavy atom. The number of benzene rings is 1. The second-order valence-corrected chi connectivity index (χ2v) is 11.2. The van der Waals surface area contributed by atoms with Crippen LogP contribution < -0.4 is 4.74 Å². The Bertz CT molecular complexity index is 1090. The third-order valence-electron chi connectivity index (χ3n) is 8.61. The molecule has 5 rings (SSSR count). The normalized spacial score (nSPS) is 27.7. The summed E-state index contributed by atoms with van der Waals surface area (Å²) in [6, 6.07) is 14.1. The Labute approximate surface area is 202 Å². The number of hydrogen-bond donors (Lipinski definition) is 0. The fraction of sp³-hybridized carbons (Fsp3) is 0.552. The monoisotopic (exact) mass is 461 g/mol. The summed E-state index contributed by atoms with van der Waals surface area (Å²) in [5.74, 6) is -0.145. The third-order valence-corrected chi connectivity index (χ3v) is 8.61.